The second-order valence-electron chi connectivity index (χ2n) is 22.8. The number of methoxy groups -OCH3 is 1. The number of amides is 2. The number of aromatic nitrogens is 5. The van der Waals surface area contributed by atoms with E-state index in [2.05, 4.69) is 48.6 Å². The zero-order chi connectivity index (χ0) is 57.5. The number of carbonyl (C=O) groups is 2. The Morgan fingerprint density at radius 1 is 1.01 bits per heavy atom. The van der Waals surface area contributed by atoms with E-state index in [1.807, 2.05) is 95.3 Å². The number of piperazine rings is 1. The van der Waals surface area contributed by atoms with Crippen molar-refractivity contribution < 1.29 is 33.3 Å². The largest absolute Gasteiger partial charge is 0.486 e. The first kappa shape index (κ1) is 55.9. The quantitative estimate of drug-likeness (QED) is 0.0335. The van der Waals surface area contributed by atoms with Gasteiger partial charge in [-0.15, -0.1) is 0 Å². The molecule has 7 aromatic rings. The maximum Gasteiger partial charge on any atom is 0.319 e. The van der Waals surface area contributed by atoms with Gasteiger partial charge in [0.2, 0.25) is 11.8 Å². The number of rotatable bonds is 21. The van der Waals surface area contributed by atoms with Crippen molar-refractivity contribution in [1.29, 1.82) is 0 Å². The van der Waals surface area contributed by atoms with E-state index in [4.69, 9.17) is 29.9 Å². The van der Waals surface area contributed by atoms with Gasteiger partial charge in [0.15, 0.2) is 5.75 Å². The van der Waals surface area contributed by atoms with Gasteiger partial charge >= 0.3 is 6.01 Å². The zero-order valence-electron chi connectivity index (χ0n) is 47.7. The van der Waals surface area contributed by atoms with E-state index in [9.17, 15) is 14.7 Å². The number of hydrogen-bond donors (Lipinski definition) is 5. The first-order chi connectivity index (χ1) is 39.6. The number of fused-ring (bicyclic) bond motifs is 4. The van der Waals surface area contributed by atoms with E-state index >= 15 is 4.39 Å². The van der Waals surface area contributed by atoms with E-state index in [-0.39, 0.29) is 66.9 Å². The topological polar surface area (TPSA) is 222 Å². The minimum Gasteiger partial charge on any atom is -0.486 e. The molecule has 0 radical (unpaired) electrons. The number of hydrogen-bond acceptors (Lipinski definition) is 15. The van der Waals surface area contributed by atoms with Crippen molar-refractivity contribution in [1.82, 2.24) is 45.7 Å². The van der Waals surface area contributed by atoms with Crippen LogP contribution in [0.5, 0.6) is 11.8 Å². The van der Waals surface area contributed by atoms with Crippen LogP contribution in [0.1, 0.15) is 105 Å². The molecule has 19 heteroatoms. The molecule has 6 N–H and O–H groups in total. The molecule has 4 aliphatic rings. The van der Waals surface area contributed by atoms with Crippen LogP contribution in [-0.4, -0.2) is 128 Å². The molecule has 0 unspecified atom stereocenters. The Morgan fingerprint density at radius 3 is 2.46 bits per heavy atom. The van der Waals surface area contributed by atoms with E-state index in [1.54, 1.807) is 37.5 Å². The van der Waals surface area contributed by atoms with Gasteiger partial charge in [-0.05, 0) is 123 Å². The molecule has 0 spiro atoms. The summed E-state index contributed by atoms with van der Waals surface area (Å²) in [7, 11) is 1.65. The fraction of sp³-hybridized carbons (Fsp3) is 0.413. The van der Waals surface area contributed by atoms with Crippen molar-refractivity contribution in [2.24, 2.45) is 16.8 Å². The van der Waals surface area contributed by atoms with Gasteiger partial charge in [0, 0.05) is 85.4 Å². The molecule has 1 saturated carbocycles. The summed E-state index contributed by atoms with van der Waals surface area (Å²) in [6.07, 6.45) is 8.50. The summed E-state index contributed by atoms with van der Waals surface area (Å²) < 4.78 is 35.5. The van der Waals surface area contributed by atoms with Crippen LogP contribution in [0.25, 0.3) is 49.9 Å². The Balaban J connectivity index is 0.869. The third-order valence-electron chi connectivity index (χ3n) is 17.0. The van der Waals surface area contributed by atoms with Crippen LogP contribution in [0, 0.1) is 25.6 Å². The third-order valence-corrected chi connectivity index (χ3v) is 17.0. The Morgan fingerprint density at radius 2 is 1.79 bits per heavy atom. The van der Waals surface area contributed by atoms with Crippen LogP contribution >= 0.6 is 0 Å². The molecule has 4 aromatic carbocycles. The number of nitrogens with one attached hydrogen (secondary N) is 3. The van der Waals surface area contributed by atoms with Gasteiger partial charge in [0.05, 0.1) is 41.9 Å². The number of benzene rings is 4. The Hall–Kier alpha value is -8.00. The molecule has 3 aliphatic heterocycles. The van der Waals surface area contributed by atoms with Gasteiger partial charge in [-0.2, -0.15) is 20.2 Å². The number of carbonyl (C=O) groups excluding carboxylic acids is 2. The zero-order valence-corrected chi connectivity index (χ0v) is 47.7. The Bertz CT molecular complexity index is 3550. The lowest BCUT2D eigenvalue weighted by molar-refractivity contribution is -0.143. The smallest absolute Gasteiger partial charge is 0.319 e. The highest BCUT2D eigenvalue weighted by molar-refractivity contribution is 6.06. The lowest BCUT2D eigenvalue weighted by Gasteiger charge is -2.34. The van der Waals surface area contributed by atoms with Gasteiger partial charge in [-0.25, -0.2) is 4.39 Å². The highest BCUT2D eigenvalue weighted by Crippen LogP contribution is 2.53. The van der Waals surface area contributed by atoms with Gasteiger partial charge in [-0.3, -0.25) is 24.7 Å². The lowest BCUT2D eigenvalue weighted by Crippen LogP contribution is -2.53. The maximum absolute atomic E-state index is 16.2. The van der Waals surface area contributed by atoms with Gasteiger partial charge in [0.1, 0.15) is 41.9 Å². The van der Waals surface area contributed by atoms with Crippen molar-refractivity contribution in [3.05, 3.63) is 131 Å². The molecule has 2 bridgehead atoms. The summed E-state index contributed by atoms with van der Waals surface area (Å²) in [5.41, 5.74) is 16.3. The van der Waals surface area contributed by atoms with Crippen LogP contribution in [0.3, 0.4) is 0 Å². The molecule has 11 rings (SSSR count). The number of halogens is 1. The lowest BCUT2D eigenvalue weighted by atomic mass is 9.88. The molecule has 428 valence electrons. The summed E-state index contributed by atoms with van der Waals surface area (Å²) in [6.45, 7) is 17.1. The van der Waals surface area contributed by atoms with Crippen LogP contribution in [0.2, 0.25) is 0 Å². The fourth-order valence-corrected chi connectivity index (χ4v) is 12.1. The second kappa shape index (κ2) is 23.5. The SMILES string of the molecule is C=NN(/C=C(\N)c1ccc(COc2c(-c3c(C)c(F)cc4[nH]ncc34)c(C3CC3)cc3c(N4C[C@@H]5C[C@H]4CN5)nc(O[C@H](C)[C@@H](C)OC)nc23)cc1)[C@H](C(=O)N1CCC[C@H]1C(=O)N[C@@H](CO)c1ccc(-c2ncccc2C)cc1)C(C)C. The average Bonchev–Trinajstić information content (AvgIpc) is 2.44. The van der Waals surface area contributed by atoms with Gasteiger partial charge in [0.25, 0.3) is 0 Å². The van der Waals surface area contributed by atoms with Crippen molar-refractivity contribution in [2.45, 2.75) is 129 Å². The standard InChI is InChI=1S/C63H73FN12O6/c1-34(2)58(62(79)74-24-10-12-53(74)61(78)70-52(32-77)42-19-21-43(22-20-42)56-35(3)11-9-23-67-56)76(66-7)31-50(65)41-15-13-39(14-16-41)33-81-59-55(54-36(4)49(64)27-51-48(54)29-69-73-51)46(40-17-18-40)26-47-57(59)71-63(82-38(6)37(5)80-8)72-60(47)75-30-44-25-45(75)28-68-44/h9,11,13-16,19-23,26-27,29,31,34,37-38,40,44-45,52-53,58,68,77H,7,10,12,17-18,24-25,28,30,32-33,65H2,1-6,8H3,(H,69,73)(H,70,78)/b50-31-/t37-,38-,44+,45+,52+,53+,58+/m1/s1. The van der Waals surface area contributed by atoms with Crippen molar-refractivity contribution in [3.8, 4) is 34.1 Å². The summed E-state index contributed by atoms with van der Waals surface area (Å²) in [4.78, 5) is 47.5. The molecule has 6 heterocycles. The van der Waals surface area contributed by atoms with E-state index in [0.717, 1.165) is 88.0 Å². The number of hydrazone groups is 1. The van der Waals surface area contributed by atoms with Crippen molar-refractivity contribution >= 4 is 51.9 Å². The van der Waals surface area contributed by atoms with E-state index in [0.29, 0.717) is 64.6 Å². The van der Waals surface area contributed by atoms with Crippen LogP contribution in [-0.2, 0) is 20.9 Å². The second-order valence-corrected chi connectivity index (χ2v) is 22.8. The molecular formula is C63H73FN12O6. The van der Waals surface area contributed by atoms with Crippen LogP contribution < -0.4 is 30.7 Å². The predicted molar refractivity (Wildman–Crippen MR) is 315 cm³/mol. The van der Waals surface area contributed by atoms with E-state index in [1.165, 1.54) is 11.1 Å². The Kier molecular flexibility index (Phi) is 16.0. The van der Waals surface area contributed by atoms with Crippen LogP contribution in [0.4, 0.5) is 10.2 Å². The van der Waals surface area contributed by atoms with Gasteiger partial charge in [-0.1, -0.05) is 68.4 Å². The molecule has 3 saturated heterocycles. The van der Waals surface area contributed by atoms with Crippen LogP contribution in [0.15, 0.2) is 96.5 Å². The number of pyridine rings is 1. The number of H-pyrrole nitrogens is 1. The molecule has 3 aromatic heterocycles. The minimum atomic E-state index is -0.840. The van der Waals surface area contributed by atoms with Gasteiger partial charge < -0.3 is 45.5 Å². The third kappa shape index (κ3) is 11.0. The first-order valence-corrected chi connectivity index (χ1v) is 28.5. The monoisotopic (exact) mass is 1110 g/mol. The molecule has 7 atom stereocenters. The number of nitrogens with two attached hydrogens (primary N) is 1. The number of aliphatic hydroxyl groups excluding tert-OH is 1. The highest BCUT2D eigenvalue weighted by Gasteiger charge is 2.43. The molecule has 1 aliphatic carbocycles. The molecule has 82 heavy (non-hydrogen) atoms. The first-order valence-electron chi connectivity index (χ1n) is 28.5. The number of aliphatic hydroxyl groups is 1. The number of aryl methyl sites for hydroxylation is 1. The number of anilines is 1. The normalized spacial score (nSPS) is 19.4. The fourth-order valence-electron chi connectivity index (χ4n) is 12.1. The number of aromatic amines is 1. The summed E-state index contributed by atoms with van der Waals surface area (Å²) >= 11 is 0. The maximum atomic E-state index is 16.2. The molecule has 2 amide bonds. The highest BCUT2D eigenvalue weighted by atomic mass is 19.1. The number of nitrogens with zero attached hydrogens (tertiary/aromatic N) is 8. The summed E-state index contributed by atoms with van der Waals surface area (Å²) in [6, 6.07) is 21.3. The molecule has 18 nitrogen and oxygen atoms in total. The molecule has 4 fully saturated rings. The van der Waals surface area contributed by atoms with Crippen molar-refractivity contribution in [2.75, 3.05) is 38.3 Å². The predicted octanol–water partition coefficient (Wildman–Crippen LogP) is 8.84. The molecular weight excluding hydrogens is 1040 g/mol. The summed E-state index contributed by atoms with van der Waals surface area (Å²) in [5, 5.41) is 31.9. The minimum absolute atomic E-state index is 0.111. The van der Waals surface area contributed by atoms with E-state index < -0.39 is 18.1 Å². The van der Waals surface area contributed by atoms with Crippen molar-refractivity contribution in [3.63, 3.8) is 0 Å². The average molecular weight is 1110 g/mol. The summed E-state index contributed by atoms with van der Waals surface area (Å²) in [5.74, 6) is 0.214. The number of likely N-dealkylation sites (tertiary alicyclic amines) is 1. The number of ether oxygens (including phenoxy) is 3. The Labute approximate surface area is 477 Å².